The van der Waals surface area contributed by atoms with Crippen LogP contribution in [0.25, 0.3) is 0 Å². The number of rotatable bonds is 4. The molecule has 1 aromatic carbocycles. The van der Waals surface area contributed by atoms with Gasteiger partial charge in [-0.3, -0.25) is 10.1 Å². The van der Waals surface area contributed by atoms with Crippen LogP contribution in [0.2, 0.25) is 0 Å². The first-order valence-electron chi connectivity index (χ1n) is 6.15. The molecule has 1 aliphatic heterocycles. The van der Waals surface area contributed by atoms with Gasteiger partial charge in [-0.2, -0.15) is 4.31 Å². The average molecular weight is 319 g/mol. The molecule has 0 bridgehead atoms. The molecule has 1 atom stereocenters. The van der Waals surface area contributed by atoms with Gasteiger partial charge in [0, 0.05) is 18.7 Å². The molecule has 1 unspecified atom stereocenters. The van der Waals surface area contributed by atoms with Crippen LogP contribution in [-0.4, -0.2) is 41.9 Å². The van der Waals surface area contributed by atoms with Gasteiger partial charge in [-0.25, -0.2) is 12.8 Å². The Morgan fingerprint density at radius 3 is 2.71 bits per heavy atom. The molecule has 3 N–H and O–H groups in total. The van der Waals surface area contributed by atoms with E-state index in [1.54, 1.807) is 0 Å². The standard InChI is InChI=1S/C11H14FN3O5S/c12-9-4-8(15(17)18)5-10(13)11(9)21(19,20)14-3-1-2-7(14)6-16/h4-5,7,16H,1-3,6,13H2. The third kappa shape index (κ3) is 2.69. The highest BCUT2D eigenvalue weighted by Gasteiger charge is 2.38. The van der Waals surface area contributed by atoms with Crippen LogP contribution in [0.4, 0.5) is 15.8 Å². The lowest BCUT2D eigenvalue weighted by Gasteiger charge is -2.23. The molecule has 116 valence electrons. The maximum Gasteiger partial charge on any atom is 0.274 e. The van der Waals surface area contributed by atoms with Crippen LogP contribution in [0, 0.1) is 15.9 Å². The van der Waals surface area contributed by atoms with Crippen molar-refractivity contribution in [2.24, 2.45) is 0 Å². The maximum atomic E-state index is 14.0. The molecule has 10 heteroatoms. The Kier molecular flexibility index (Phi) is 4.12. The second-order valence-corrected chi connectivity index (χ2v) is 6.52. The van der Waals surface area contributed by atoms with Crippen molar-refractivity contribution in [3.63, 3.8) is 0 Å². The monoisotopic (exact) mass is 319 g/mol. The summed E-state index contributed by atoms with van der Waals surface area (Å²) in [6.45, 7) is -0.239. The van der Waals surface area contributed by atoms with Crippen molar-refractivity contribution in [2.45, 2.75) is 23.8 Å². The van der Waals surface area contributed by atoms with Gasteiger partial charge < -0.3 is 10.8 Å². The molecule has 0 amide bonds. The minimum Gasteiger partial charge on any atom is -0.397 e. The Morgan fingerprint density at radius 1 is 1.52 bits per heavy atom. The number of halogens is 1. The number of aliphatic hydroxyl groups excluding tert-OH is 1. The smallest absolute Gasteiger partial charge is 0.274 e. The van der Waals surface area contributed by atoms with Crippen molar-refractivity contribution in [2.75, 3.05) is 18.9 Å². The minimum atomic E-state index is -4.25. The van der Waals surface area contributed by atoms with E-state index in [0.29, 0.717) is 18.9 Å². The number of anilines is 1. The summed E-state index contributed by atoms with van der Waals surface area (Å²) in [5.74, 6) is -1.27. The fourth-order valence-electron chi connectivity index (χ4n) is 2.40. The van der Waals surface area contributed by atoms with E-state index < -0.39 is 43.1 Å². The summed E-state index contributed by atoms with van der Waals surface area (Å²) in [6.07, 6.45) is 1.00. The number of nitro benzene ring substituents is 1. The predicted octanol–water partition coefficient (Wildman–Crippen LogP) is 0.461. The van der Waals surface area contributed by atoms with Crippen LogP contribution in [-0.2, 0) is 10.0 Å². The number of non-ortho nitro benzene ring substituents is 1. The largest absolute Gasteiger partial charge is 0.397 e. The van der Waals surface area contributed by atoms with E-state index in [-0.39, 0.29) is 13.2 Å². The molecule has 1 saturated heterocycles. The third-order valence-corrected chi connectivity index (χ3v) is 5.41. The van der Waals surface area contributed by atoms with Gasteiger partial charge >= 0.3 is 0 Å². The number of aliphatic hydroxyl groups is 1. The van der Waals surface area contributed by atoms with E-state index >= 15 is 0 Å². The molecular formula is C11H14FN3O5S. The zero-order chi connectivity index (χ0) is 15.8. The van der Waals surface area contributed by atoms with Gasteiger partial charge in [-0.1, -0.05) is 0 Å². The van der Waals surface area contributed by atoms with Gasteiger partial charge in [0.25, 0.3) is 5.69 Å². The van der Waals surface area contributed by atoms with Crippen molar-refractivity contribution in [1.29, 1.82) is 0 Å². The predicted molar refractivity (Wildman–Crippen MR) is 71.5 cm³/mol. The van der Waals surface area contributed by atoms with E-state index in [1.807, 2.05) is 0 Å². The van der Waals surface area contributed by atoms with E-state index in [4.69, 9.17) is 5.73 Å². The van der Waals surface area contributed by atoms with Crippen LogP contribution in [0.15, 0.2) is 17.0 Å². The highest BCUT2D eigenvalue weighted by molar-refractivity contribution is 7.89. The van der Waals surface area contributed by atoms with Gasteiger partial charge in [0.1, 0.15) is 4.90 Å². The SMILES string of the molecule is Nc1cc([N+](=O)[O-])cc(F)c1S(=O)(=O)N1CCCC1CO. The Morgan fingerprint density at radius 2 is 2.19 bits per heavy atom. The average Bonchev–Trinajstić information content (AvgIpc) is 2.86. The molecule has 1 heterocycles. The van der Waals surface area contributed by atoms with Gasteiger partial charge in [0.05, 0.1) is 23.3 Å². The first-order valence-corrected chi connectivity index (χ1v) is 7.59. The Hall–Kier alpha value is -1.78. The fourth-order valence-corrected chi connectivity index (χ4v) is 4.23. The molecule has 1 fully saturated rings. The van der Waals surface area contributed by atoms with Gasteiger partial charge in [-0.15, -0.1) is 0 Å². The van der Waals surface area contributed by atoms with E-state index in [9.17, 15) is 28.0 Å². The summed E-state index contributed by atoms with van der Waals surface area (Å²) in [4.78, 5) is 8.97. The number of nitrogen functional groups attached to an aromatic ring is 1. The fraction of sp³-hybridized carbons (Fsp3) is 0.455. The summed E-state index contributed by atoms with van der Waals surface area (Å²) in [6, 6.07) is 0.691. The number of hydrogen-bond acceptors (Lipinski definition) is 6. The molecule has 0 radical (unpaired) electrons. The van der Waals surface area contributed by atoms with Crippen molar-refractivity contribution < 1.29 is 22.8 Å². The Labute approximate surface area is 120 Å². The zero-order valence-corrected chi connectivity index (χ0v) is 11.7. The summed E-state index contributed by atoms with van der Waals surface area (Å²) < 4.78 is 39.9. The molecule has 0 aromatic heterocycles. The van der Waals surface area contributed by atoms with E-state index in [2.05, 4.69) is 0 Å². The van der Waals surface area contributed by atoms with Gasteiger partial charge in [0.2, 0.25) is 10.0 Å². The highest BCUT2D eigenvalue weighted by atomic mass is 32.2. The van der Waals surface area contributed by atoms with Crippen molar-refractivity contribution in [3.8, 4) is 0 Å². The van der Waals surface area contributed by atoms with Gasteiger partial charge in [0.15, 0.2) is 5.82 Å². The first kappa shape index (κ1) is 15.6. The number of nitrogens with zero attached hydrogens (tertiary/aromatic N) is 2. The van der Waals surface area contributed by atoms with Crippen LogP contribution in [0.1, 0.15) is 12.8 Å². The highest BCUT2D eigenvalue weighted by Crippen LogP contribution is 2.33. The Bertz CT molecular complexity index is 655. The van der Waals surface area contributed by atoms with Gasteiger partial charge in [-0.05, 0) is 12.8 Å². The maximum absolute atomic E-state index is 14.0. The van der Waals surface area contributed by atoms with Crippen LogP contribution >= 0.6 is 0 Å². The molecule has 21 heavy (non-hydrogen) atoms. The molecule has 2 rings (SSSR count). The molecule has 1 aliphatic rings. The minimum absolute atomic E-state index is 0.142. The topological polar surface area (TPSA) is 127 Å². The lowest BCUT2D eigenvalue weighted by Crippen LogP contribution is -2.38. The Balaban J connectivity index is 2.53. The van der Waals surface area contributed by atoms with Crippen LogP contribution < -0.4 is 5.73 Å². The molecule has 0 saturated carbocycles. The second-order valence-electron chi connectivity index (χ2n) is 4.70. The third-order valence-electron chi connectivity index (χ3n) is 3.37. The molecule has 0 aliphatic carbocycles. The zero-order valence-electron chi connectivity index (χ0n) is 10.9. The number of nitro groups is 1. The summed E-state index contributed by atoms with van der Waals surface area (Å²) in [5.41, 5.74) is 4.34. The van der Waals surface area contributed by atoms with Crippen molar-refractivity contribution in [3.05, 3.63) is 28.1 Å². The molecule has 8 nitrogen and oxygen atoms in total. The van der Waals surface area contributed by atoms with Crippen LogP contribution in [0.5, 0.6) is 0 Å². The summed E-state index contributed by atoms with van der Waals surface area (Å²) in [7, 11) is -4.25. The number of hydrogen-bond donors (Lipinski definition) is 2. The number of benzene rings is 1. The lowest BCUT2D eigenvalue weighted by atomic mass is 10.2. The molecular weight excluding hydrogens is 305 g/mol. The molecule has 0 spiro atoms. The van der Waals surface area contributed by atoms with Crippen LogP contribution in [0.3, 0.4) is 0 Å². The van der Waals surface area contributed by atoms with E-state index in [0.717, 1.165) is 10.4 Å². The lowest BCUT2D eigenvalue weighted by molar-refractivity contribution is -0.385. The summed E-state index contributed by atoms with van der Waals surface area (Å²) >= 11 is 0. The number of sulfonamides is 1. The molecule has 1 aromatic rings. The van der Waals surface area contributed by atoms with Crippen molar-refractivity contribution >= 4 is 21.4 Å². The van der Waals surface area contributed by atoms with Crippen molar-refractivity contribution in [1.82, 2.24) is 4.31 Å². The normalized spacial score (nSPS) is 19.8. The summed E-state index contributed by atoms with van der Waals surface area (Å²) in [5, 5.41) is 19.8. The number of nitrogens with two attached hydrogens (primary N) is 1. The van der Waals surface area contributed by atoms with E-state index in [1.165, 1.54) is 0 Å². The quantitative estimate of drug-likeness (QED) is 0.471. The second kappa shape index (κ2) is 5.54. The first-order chi connectivity index (χ1) is 9.78.